The molecule has 4 N–H and O–H groups in total. The quantitative estimate of drug-likeness (QED) is 0.486. The Bertz CT molecular complexity index is 763. The fraction of sp³-hybridized carbons (Fsp3) is 0.438. The van der Waals surface area contributed by atoms with Crippen molar-refractivity contribution in [1.82, 2.24) is 15.0 Å². The van der Waals surface area contributed by atoms with Gasteiger partial charge < -0.3 is 29.9 Å². The van der Waals surface area contributed by atoms with Crippen LogP contribution in [0.25, 0.3) is 11.3 Å². The van der Waals surface area contributed by atoms with Crippen molar-refractivity contribution in [3.05, 3.63) is 36.0 Å². The van der Waals surface area contributed by atoms with Crippen molar-refractivity contribution in [2.45, 2.75) is 30.6 Å². The fourth-order valence-corrected chi connectivity index (χ4v) is 2.82. The predicted molar refractivity (Wildman–Crippen MR) is 85.8 cm³/mol. The lowest BCUT2D eigenvalue weighted by Gasteiger charge is -2.39. The van der Waals surface area contributed by atoms with Gasteiger partial charge in [0.2, 0.25) is 0 Å². The number of hydrogen-bond acceptors (Lipinski definition) is 9. The van der Waals surface area contributed by atoms with Gasteiger partial charge in [-0.25, -0.2) is 9.48 Å². The first-order chi connectivity index (χ1) is 12.5. The van der Waals surface area contributed by atoms with Crippen LogP contribution in [0, 0.1) is 0 Å². The second-order valence-electron chi connectivity index (χ2n) is 5.87. The summed E-state index contributed by atoms with van der Waals surface area (Å²) in [5, 5.41) is 47.2. The average molecular weight is 365 g/mol. The van der Waals surface area contributed by atoms with Gasteiger partial charge >= 0.3 is 5.97 Å². The standard InChI is InChI=1S/C16H19N3O7/c1-25-15(23)9-4-2-8(3-5-9)10-6-19(18-17-10)12-14(22)13(21)11(7-20)26-16(12)24/h2-6,11-14,16,20-22,24H,7H2,1H3/t11-,12-,13-,14-,16?/m1/s1. The lowest BCUT2D eigenvalue weighted by Crippen LogP contribution is -2.56. The molecule has 1 unspecified atom stereocenters. The van der Waals surface area contributed by atoms with Crippen molar-refractivity contribution >= 4 is 5.97 Å². The molecule has 10 heteroatoms. The molecule has 0 spiro atoms. The summed E-state index contributed by atoms with van der Waals surface area (Å²) >= 11 is 0. The van der Waals surface area contributed by atoms with Crippen LogP contribution in [0.4, 0.5) is 0 Å². The van der Waals surface area contributed by atoms with Crippen molar-refractivity contribution in [3.8, 4) is 11.3 Å². The Morgan fingerprint density at radius 1 is 1.23 bits per heavy atom. The molecule has 5 atom stereocenters. The summed E-state index contributed by atoms with van der Waals surface area (Å²) in [7, 11) is 1.29. The van der Waals surface area contributed by atoms with Crippen LogP contribution in [0.1, 0.15) is 16.4 Å². The van der Waals surface area contributed by atoms with Gasteiger partial charge in [0.1, 0.15) is 30.0 Å². The second-order valence-corrected chi connectivity index (χ2v) is 5.87. The maximum atomic E-state index is 11.5. The first kappa shape index (κ1) is 18.4. The topological polar surface area (TPSA) is 147 Å². The Labute approximate surface area is 148 Å². The van der Waals surface area contributed by atoms with E-state index in [2.05, 4.69) is 15.0 Å². The number of nitrogens with zero attached hydrogens (tertiary/aromatic N) is 3. The highest BCUT2D eigenvalue weighted by Gasteiger charge is 2.45. The Hall–Kier alpha value is -2.37. The maximum Gasteiger partial charge on any atom is 0.337 e. The normalized spacial score (nSPS) is 28.7. The number of ether oxygens (including phenoxy) is 2. The third kappa shape index (κ3) is 3.32. The van der Waals surface area contributed by atoms with Crippen LogP contribution >= 0.6 is 0 Å². The number of esters is 1. The van der Waals surface area contributed by atoms with E-state index in [1.54, 1.807) is 24.3 Å². The summed E-state index contributed by atoms with van der Waals surface area (Å²) in [6.45, 7) is -0.544. The number of hydrogen-bond donors (Lipinski definition) is 4. The lowest BCUT2D eigenvalue weighted by molar-refractivity contribution is -0.265. The zero-order chi connectivity index (χ0) is 18.8. The molecule has 26 heavy (non-hydrogen) atoms. The summed E-state index contributed by atoms with van der Waals surface area (Å²) in [6, 6.07) is 5.36. The molecule has 3 rings (SSSR count). The van der Waals surface area contributed by atoms with Gasteiger partial charge in [0.15, 0.2) is 6.29 Å². The van der Waals surface area contributed by atoms with Crippen molar-refractivity contribution < 1.29 is 34.7 Å². The van der Waals surface area contributed by atoms with Gasteiger partial charge in [0, 0.05) is 5.56 Å². The van der Waals surface area contributed by atoms with E-state index in [4.69, 9.17) is 9.84 Å². The van der Waals surface area contributed by atoms with Crippen molar-refractivity contribution in [1.29, 1.82) is 0 Å². The Balaban J connectivity index is 1.82. The molecule has 1 aliphatic rings. The predicted octanol–water partition coefficient (Wildman–Crippen LogP) is -1.30. The summed E-state index contributed by atoms with van der Waals surface area (Å²) in [6.07, 6.45) is -3.90. The molecule has 2 aromatic rings. The molecular weight excluding hydrogens is 346 g/mol. The number of aliphatic hydroxyl groups excluding tert-OH is 4. The number of carbonyl (C=O) groups excluding carboxylic acids is 1. The number of benzene rings is 1. The minimum atomic E-state index is -1.48. The number of rotatable bonds is 4. The van der Waals surface area contributed by atoms with Gasteiger partial charge in [-0.15, -0.1) is 5.10 Å². The van der Waals surface area contributed by atoms with Gasteiger partial charge in [-0.05, 0) is 12.1 Å². The molecule has 0 bridgehead atoms. The minimum absolute atomic E-state index is 0.383. The van der Waals surface area contributed by atoms with Crippen LogP contribution in [-0.2, 0) is 9.47 Å². The summed E-state index contributed by atoms with van der Waals surface area (Å²) in [5.41, 5.74) is 1.46. The summed E-state index contributed by atoms with van der Waals surface area (Å²) in [5.74, 6) is -0.460. The van der Waals surface area contributed by atoms with E-state index in [0.717, 1.165) is 0 Å². The van der Waals surface area contributed by atoms with E-state index in [-0.39, 0.29) is 0 Å². The molecule has 2 heterocycles. The van der Waals surface area contributed by atoms with Gasteiger partial charge in [0.05, 0.1) is 25.5 Å². The molecule has 0 amide bonds. The van der Waals surface area contributed by atoms with Gasteiger partial charge in [-0.1, -0.05) is 17.3 Å². The van der Waals surface area contributed by atoms with Crippen LogP contribution in [0.15, 0.2) is 30.5 Å². The molecular formula is C16H19N3O7. The third-order valence-electron chi connectivity index (χ3n) is 4.28. The van der Waals surface area contributed by atoms with Crippen LogP contribution < -0.4 is 0 Å². The molecule has 140 valence electrons. The monoisotopic (exact) mass is 365 g/mol. The fourth-order valence-electron chi connectivity index (χ4n) is 2.82. The molecule has 0 radical (unpaired) electrons. The highest BCUT2D eigenvalue weighted by Crippen LogP contribution is 2.29. The van der Waals surface area contributed by atoms with Crippen LogP contribution in [0.2, 0.25) is 0 Å². The van der Waals surface area contributed by atoms with Crippen molar-refractivity contribution in [3.63, 3.8) is 0 Å². The van der Waals surface area contributed by atoms with E-state index in [1.807, 2.05) is 0 Å². The third-order valence-corrected chi connectivity index (χ3v) is 4.28. The molecule has 1 fully saturated rings. The van der Waals surface area contributed by atoms with E-state index in [9.17, 15) is 20.1 Å². The highest BCUT2D eigenvalue weighted by molar-refractivity contribution is 5.89. The minimum Gasteiger partial charge on any atom is -0.465 e. The van der Waals surface area contributed by atoms with E-state index >= 15 is 0 Å². The van der Waals surface area contributed by atoms with E-state index in [1.165, 1.54) is 18.0 Å². The zero-order valence-corrected chi connectivity index (χ0v) is 13.8. The first-order valence-electron chi connectivity index (χ1n) is 7.87. The Morgan fingerprint density at radius 3 is 2.54 bits per heavy atom. The highest BCUT2D eigenvalue weighted by atomic mass is 16.6. The zero-order valence-electron chi connectivity index (χ0n) is 13.8. The average Bonchev–Trinajstić information content (AvgIpc) is 3.13. The maximum absolute atomic E-state index is 11.5. The van der Waals surface area contributed by atoms with Gasteiger partial charge in [-0.2, -0.15) is 0 Å². The van der Waals surface area contributed by atoms with Crippen LogP contribution in [0.3, 0.4) is 0 Å². The Kier molecular flexibility index (Phi) is 5.30. The molecule has 1 saturated heterocycles. The molecule has 1 aliphatic heterocycles. The number of methoxy groups -OCH3 is 1. The molecule has 1 aromatic heterocycles. The van der Waals surface area contributed by atoms with Gasteiger partial charge in [-0.3, -0.25) is 0 Å². The smallest absolute Gasteiger partial charge is 0.337 e. The second kappa shape index (κ2) is 7.48. The molecule has 1 aromatic carbocycles. The largest absolute Gasteiger partial charge is 0.465 e. The van der Waals surface area contributed by atoms with Crippen molar-refractivity contribution in [2.24, 2.45) is 0 Å². The lowest BCUT2D eigenvalue weighted by atomic mass is 9.97. The number of aromatic nitrogens is 3. The Morgan fingerprint density at radius 2 is 1.92 bits per heavy atom. The number of aliphatic hydroxyl groups is 4. The summed E-state index contributed by atoms with van der Waals surface area (Å²) < 4.78 is 10.9. The first-order valence-corrected chi connectivity index (χ1v) is 7.87. The molecule has 0 aliphatic carbocycles. The molecule has 10 nitrogen and oxygen atoms in total. The van der Waals surface area contributed by atoms with Crippen LogP contribution in [-0.4, -0.2) is 79.7 Å². The van der Waals surface area contributed by atoms with E-state index in [0.29, 0.717) is 16.8 Å². The van der Waals surface area contributed by atoms with Gasteiger partial charge in [0.25, 0.3) is 0 Å². The SMILES string of the molecule is COC(=O)c1ccc(-c2cn([C@H]3C(O)O[C@H](CO)[C@@H](O)[C@@H]3O)nn2)cc1. The van der Waals surface area contributed by atoms with Crippen LogP contribution in [0.5, 0.6) is 0 Å². The van der Waals surface area contributed by atoms with E-state index < -0.39 is 43.2 Å². The van der Waals surface area contributed by atoms with Crippen molar-refractivity contribution in [2.75, 3.05) is 13.7 Å². The molecule has 0 saturated carbocycles. The number of carbonyl (C=O) groups is 1. The summed E-state index contributed by atoms with van der Waals surface area (Å²) in [4.78, 5) is 11.5.